The number of rotatable bonds is 10. The van der Waals surface area contributed by atoms with Gasteiger partial charge in [0.05, 0.1) is 22.0 Å². The van der Waals surface area contributed by atoms with Crippen molar-refractivity contribution in [3.63, 3.8) is 0 Å². The number of H-pyrrole nitrogens is 1. The molecular weight excluding hydrogens is 488 g/mol. The fraction of sp³-hybridized carbons (Fsp3) is 0.125. The predicted molar refractivity (Wildman–Crippen MR) is 133 cm³/mol. The number of nitrogens with one attached hydrogen (secondary N) is 3. The molecule has 1 heterocycles. The fourth-order valence-corrected chi connectivity index (χ4v) is 4.45. The van der Waals surface area contributed by atoms with Gasteiger partial charge in [0.2, 0.25) is 0 Å². The van der Waals surface area contributed by atoms with Gasteiger partial charge < -0.3 is 19.8 Å². The van der Waals surface area contributed by atoms with Crippen molar-refractivity contribution in [1.82, 2.24) is 9.71 Å². The van der Waals surface area contributed by atoms with Gasteiger partial charge in [-0.3, -0.25) is 14.9 Å². The summed E-state index contributed by atoms with van der Waals surface area (Å²) in [6.45, 7) is 0.585. The highest BCUT2D eigenvalue weighted by molar-refractivity contribution is 7.90. The molecule has 3 N–H and O–H groups in total. The van der Waals surface area contributed by atoms with Crippen molar-refractivity contribution in [2.24, 2.45) is 0 Å². The minimum atomic E-state index is -4.43. The second kappa shape index (κ2) is 10.5. The topological polar surface area (TPSA) is 153 Å². The number of aromatic amines is 1. The first kappa shape index (κ1) is 24.7. The summed E-state index contributed by atoms with van der Waals surface area (Å²) in [5.41, 5.74) is 0.557. The highest BCUT2D eigenvalue weighted by Gasteiger charge is 2.25. The smallest absolute Gasteiger partial charge is 0.293 e. The first-order valence-electron chi connectivity index (χ1n) is 10.7. The number of ether oxygens (including phenoxy) is 2. The Morgan fingerprint density at radius 2 is 1.89 bits per heavy atom. The number of para-hydroxylation sites is 1. The average Bonchev–Trinajstić information content (AvgIpc) is 3.32. The molecule has 186 valence electrons. The Balaban J connectivity index is 1.57. The van der Waals surface area contributed by atoms with E-state index in [1.807, 2.05) is 16.9 Å². The summed E-state index contributed by atoms with van der Waals surface area (Å²) in [5.74, 6) is -0.348. The van der Waals surface area contributed by atoms with Crippen molar-refractivity contribution in [2.45, 2.75) is 4.90 Å². The number of aromatic nitrogens is 1. The molecule has 4 rings (SSSR count). The lowest BCUT2D eigenvalue weighted by atomic mass is 10.2. The van der Waals surface area contributed by atoms with Gasteiger partial charge in [0, 0.05) is 36.8 Å². The molecule has 36 heavy (non-hydrogen) atoms. The third kappa shape index (κ3) is 5.45. The number of sulfonamides is 1. The Labute approximate surface area is 206 Å². The van der Waals surface area contributed by atoms with E-state index >= 15 is 0 Å². The first-order chi connectivity index (χ1) is 17.3. The molecule has 0 spiro atoms. The van der Waals surface area contributed by atoms with Crippen LogP contribution in [0.3, 0.4) is 0 Å². The fourth-order valence-electron chi connectivity index (χ4n) is 3.47. The van der Waals surface area contributed by atoms with Gasteiger partial charge >= 0.3 is 0 Å². The van der Waals surface area contributed by atoms with Crippen molar-refractivity contribution in [3.05, 3.63) is 88.6 Å². The van der Waals surface area contributed by atoms with Gasteiger partial charge in [0.15, 0.2) is 0 Å². The van der Waals surface area contributed by atoms with E-state index in [0.717, 1.165) is 17.0 Å². The number of hydrogen-bond acceptors (Lipinski definition) is 8. The lowest BCUT2D eigenvalue weighted by Gasteiger charge is -2.13. The Bertz CT molecular complexity index is 1530. The largest absolute Gasteiger partial charge is 0.457 e. The Kier molecular flexibility index (Phi) is 7.17. The Morgan fingerprint density at radius 1 is 1.08 bits per heavy atom. The van der Waals surface area contributed by atoms with Crippen LogP contribution in [0.15, 0.2) is 77.8 Å². The zero-order chi connectivity index (χ0) is 25.7. The van der Waals surface area contributed by atoms with Gasteiger partial charge in [0.25, 0.3) is 21.6 Å². The molecule has 0 unspecified atom stereocenters. The molecule has 0 radical (unpaired) electrons. The number of carbonyl (C=O) groups excluding carboxylic acids is 1. The van der Waals surface area contributed by atoms with Crippen LogP contribution in [-0.4, -0.2) is 44.5 Å². The molecule has 0 bridgehead atoms. The normalized spacial score (nSPS) is 11.2. The zero-order valence-corrected chi connectivity index (χ0v) is 19.9. The summed E-state index contributed by atoms with van der Waals surface area (Å²) in [6, 6.07) is 16.7. The van der Waals surface area contributed by atoms with Crippen LogP contribution in [0.25, 0.3) is 10.9 Å². The van der Waals surface area contributed by atoms with E-state index < -0.39 is 31.4 Å². The number of anilines is 1. The van der Waals surface area contributed by atoms with E-state index in [9.17, 15) is 23.3 Å². The van der Waals surface area contributed by atoms with Gasteiger partial charge in [-0.15, -0.1) is 0 Å². The van der Waals surface area contributed by atoms with Crippen molar-refractivity contribution in [3.8, 4) is 11.5 Å². The predicted octanol–water partition coefficient (Wildman–Crippen LogP) is 4.05. The van der Waals surface area contributed by atoms with Gasteiger partial charge in [-0.05, 0) is 48.5 Å². The monoisotopic (exact) mass is 510 g/mol. The summed E-state index contributed by atoms with van der Waals surface area (Å²) in [5, 5.41) is 15.2. The number of hydrogen-bond donors (Lipinski definition) is 3. The van der Waals surface area contributed by atoms with Crippen molar-refractivity contribution in [1.29, 1.82) is 0 Å². The van der Waals surface area contributed by atoms with Gasteiger partial charge in [-0.25, -0.2) is 13.1 Å². The molecule has 4 aromatic rings. The number of amides is 1. The highest BCUT2D eigenvalue weighted by Crippen LogP contribution is 2.30. The van der Waals surface area contributed by atoms with Crippen LogP contribution < -0.4 is 14.8 Å². The lowest BCUT2D eigenvalue weighted by molar-refractivity contribution is -0.384. The van der Waals surface area contributed by atoms with Crippen LogP contribution in [0.5, 0.6) is 11.5 Å². The summed E-state index contributed by atoms with van der Waals surface area (Å²) < 4.78 is 38.5. The van der Waals surface area contributed by atoms with E-state index in [4.69, 9.17) is 9.47 Å². The van der Waals surface area contributed by atoms with Crippen LogP contribution >= 0.6 is 0 Å². The molecule has 0 aliphatic rings. The van der Waals surface area contributed by atoms with Crippen LogP contribution in [0.2, 0.25) is 0 Å². The molecule has 0 atom stereocenters. The van der Waals surface area contributed by atoms with Gasteiger partial charge in [-0.1, -0.05) is 12.1 Å². The lowest BCUT2D eigenvalue weighted by Crippen LogP contribution is -2.31. The molecular formula is C24H22N4O7S. The third-order valence-electron chi connectivity index (χ3n) is 5.21. The number of nitro benzene ring substituents is 1. The minimum Gasteiger partial charge on any atom is -0.457 e. The maximum absolute atomic E-state index is 12.9. The molecule has 0 fully saturated rings. The number of carbonyl (C=O) groups is 1. The maximum atomic E-state index is 12.9. The molecule has 0 saturated carbocycles. The van der Waals surface area contributed by atoms with Gasteiger partial charge in [-0.2, -0.15) is 0 Å². The van der Waals surface area contributed by atoms with E-state index in [0.29, 0.717) is 12.4 Å². The molecule has 1 amide bonds. The van der Waals surface area contributed by atoms with Gasteiger partial charge in [0.1, 0.15) is 17.2 Å². The average molecular weight is 511 g/mol. The quantitative estimate of drug-likeness (QED) is 0.164. The third-order valence-corrected chi connectivity index (χ3v) is 6.54. The van der Waals surface area contributed by atoms with Crippen LogP contribution in [-0.2, 0) is 14.8 Å². The van der Waals surface area contributed by atoms with E-state index in [1.165, 1.54) is 31.4 Å². The van der Waals surface area contributed by atoms with Crippen molar-refractivity contribution < 1.29 is 27.6 Å². The Hall–Kier alpha value is -4.42. The van der Waals surface area contributed by atoms with Crippen molar-refractivity contribution >= 4 is 38.2 Å². The summed E-state index contributed by atoms with van der Waals surface area (Å²) in [7, 11) is -2.95. The molecule has 1 aromatic heterocycles. The summed E-state index contributed by atoms with van der Waals surface area (Å²) >= 11 is 0. The number of fused-ring (bicyclic) bond motifs is 1. The second-order valence-electron chi connectivity index (χ2n) is 7.62. The highest BCUT2D eigenvalue weighted by atomic mass is 32.2. The first-order valence-corrected chi connectivity index (χ1v) is 12.2. The van der Waals surface area contributed by atoms with E-state index in [1.54, 1.807) is 30.5 Å². The maximum Gasteiger partial charge on any atom is 0.293 e. The second-order valence-corrected chi connectivity index (χ2v) is 9.30. The number of nitro groups is 1. The molecule has 0 saturated heterocycles. The van der Waals surface area contributed by atoms with Crippen LogP contribution in [0, 0.1) is 10.1 Å². The van der Waals surface area contributed by atoms with E-state index in [2.05, 4.69) is 10.3 Å². The Morgan fingerprint density at radius 3 is 2.67 bits per heavy atom. The summed E-state index contributed by atoms with van der Waals surface area (Å²) in [4.78, 5) is 26.4. The van der Waals surface area contributed by atoms with Crippen LogP contribution in [0.4, 0.5) is 11.4 Å². The number of methoxy groups -OCH3 is 1. The molecule has 0 aliphatic carbocycles. The van der Waals surface area contributed by atoms with Crippen LogP contribution in [0.1, 0.15) is 10.4 Å². The number of benzene rings is 3. The molecule has 0 aliphatic heterocycles. The molecule has 11 nitrogen and oxygen atoms in total. The SMILES string of the molecule is COCCNc1ccc(S(=O)(=O)NC(=O)c2ccccc2Oc2ccc3[nH]ccc3c2)cc1[N+](=O)[O-]. The standard InChI is InChI=1S/C24H22N4O7S/c1-34-13-12-26-21-9-7-18(15-22(21)28(30)31)36(32,33)27-24(29)19-4-2-3-5-23(19)35-17-6-8-20-16(14-17)10-11-25-20/h2-11,14-15,25-26H,12-13H2,1H3,(H,27,29). The molecule has 12 heteroatoms. The summed E-state index contributed by atoms with van der Waals surface area (Å²) in [6.07, 6.45) is 1.78. The zero-order valence-electron chi connectivity index (χ0n) is 19.1. The van der Waals surface area contributed by atoms with Crippen molar-refractivity contribution in [2.75, 3.05) is 25.6 Å². The minimum absolute atomic E-state index is 0.0254. The number of nitrogens with zero attached hydrogens (tertiary/aromatic N) is 1. The van der Waals surface area contributed by atoms with E-state index in [-0.39, 0.29) is 23.5 Å². The molecule has 3 aromatic carbocycles.